The summed E-state index contributed by atoms with van der Waals surface area (Å²) in [5.41, 5.74) is 0.816. The van der Waals surface area contributed by atoms with Gasteiger partial charge in [0.15, 0.2) is 0 Å². The number of rotatable bonds is 5. The minimum atomic E-state index is 0.161. The summed E-state index contributed by atoms with van der Waals surface area (Å²) >= 11 is 12.0. The molecule has 1 heterocycles. The number of phenolic OH excluding ortho intramolecular Hbond substituents is 1. The number of phenols is 1. The second-order valence-electron chi connectivity index (χ2n) is 5.51. The molecular formula is C15H22Cl2N2O. The van der Waals surface area contributed by atoms with E-state index in [1.165, 1.54) is 19.3 Å². The zero-order chi connectivity index (χ0) is 14.5. The fourth-order valence-corrected chi connectivity index (χ4v) is 3.30. The van der Waals surface area contributed by atoms with Crippen LogP contribution in [0, 0.1) is 5.92 Å². The van der Waals surface area contributed by atoms with Crippen LogP contribution in [0.2, 0.25) is 10.0 Å². The molecule has 1 aliphatic heterocycles. The van der Waals surface area contributed by atoms with E-state index in [0.29, 0.717) is 16.6 Å². The Morgan fingerprint density at radius 2 is 2.00 bits per heavy atom. The number of likely N-dealkylation sites (tertiary alicyclic amines) is 1. The average Bonchev–Trinajstić information content (AvgIpc) is 2.43. The van der Waals surface area contributed by atoms with Gasteiger partial charge in [-0.2, -0.15) is 0 Å². The monoisotopic (exact) mass is 316 g/mol. The Morgan fingerprint density at radius 3 is 2.65 bits per heavy atom. The van der Waals surface area contributed by atoms with Crippen molar-refractivity contribution in [3.8, 4) is 5.75 Å². The molecule has 112 valence electrons. The Labute approximate surface area is 130 Å². The van der Waals surface area contributed by atoms with Gasteiger partial charge in [-0.3, -0.25) is 4.90 Å². The van der Waals surface area contributed by atoms with Crippen LogP contribution < -0.4 is 5.32 Å². The van der Waals surface area contributed by atoms with Crippen LogP contribution in [0.15, 0.2) is 12.1 Å². The SMILES string of the molecule is CNCCC1CCN(Cc2cc(Cl)cc(Cl)c2O)CC1. The third-order valence-corrected chi connectivity index (χ3v) is 4.52. The van der Waals surface area contributed by atoms with E-state index in [2.05, 4.69) is 10.2 Å². The highest BCUT2D eigenvalue weighted by Gasteiger charge is 2.20. The first-order valence-corrected chi connectivity index (χ1v) is 7.89. The molecule has 0 aromatic heterocycles. The highest BCUT2D eigenvalue weighted by atomic mass is 35.5. The Morgan fingerprint density at radius 1 is 1.30 bits per heavy atom. The van der Waals surface area contributed by atoms with E-state index in [1.54, 1.807) is 12.1 Å². The van der Waals surface area contributed by atoms with Crippen molar-refractivity contribution in [3.63, 3.8) is 0 Å². The van der Waals surface area contributed by atoms with Crippen molar-refractivity contribution >= 4 is 23.2 Å². The van der Waals surface area contributed by atoms with Crippen LogP contribution in [0.1, 0.15) is 24.8 Å². The van der Waals surface area contributed by atoms with E-state index in [9.17, 15) is 5.11 Å². The molecule has 0 radical (unpaired) electrons. The molecule has 3 nitrogen and oxygen atoms in total. The Bertz CT molecular complexity index is 446. The smallest absolute Gasteiger partial charge is 0.138 e. The second kappa shape index (κ2) is 7.51. The van der Waals surface area contributed by atoms with Gasteiger partial charge in [-0.25, -0.2) is 0 Å². The Kier molecular flexibility index (Phi) is 5.97. The molecule has 0 aliphatic carbocycles. The number of nitrogens with one attached hydrogen (secondary N) is 1. The number of hydrogen-bond acceptors (Lipinski definition) is 3. The van der Waals surface area contributed by atoms with Gasteiger partial charge in [0.05, 0.1) is 5.02 Å². The van der Waals surface area contributed by atoms with E-state index >= 15 is 0 Å². The largest absolute Gasteiger partial charge is 0.506 e. The summed E-state index contributed by atoms with van der Waals surface area (Å²) in [4.78, 5) is 2.36. The first-order chi connectivity index (χ1) is 9.60. The molecule has 1 aromatic rings. The summed E-state index contributed by atoms with van der Waals surface area (Å²) in [7, 11) is 2.00. The van der Waals surface area contributed by atoms with E-state index in [1.807, 2.05) is 7.05 Å². The molecule has 0 unspecified atom stereocenters. The van der Waals surface area contributed by atoms with Gasteiger partial charge < -0.3 is 10.4 Å². The number of piperidine rings is 1. The zero-order valence-corrected chi connectivity index (χ0v) is 13.3. The minimum Gasteiger partial charge on any atom is -0.506 e. The molecule has 2 rings (SSSR count). The maximum Gasteiger partial charge on any atom is 0.138 e. The lowest BCUT2D eigenvalue weighted by molar-refractivity contribution is 0.171. The summed E-state index contributed by atoms with van der Waals surface area (Å²) < 4.78 is 0. The molecule has 1 fully saturated rings. The van der Waals surface area contributed by atoms with Gasteiger partial charge in [0.1, 0.15) is 5.75 Å². The van der Waals surface area contributed by atoms with E-state index < -0.39 is 0 Å². The summed E-state index contributed by atoms with van der Waals surface area (Å²) in [6.45, 7) is 3.94. The Balaban J connectivity index is 1.89. The van der Waals surface area contributed by atoms with Crippen LogP contribution in [0.5, 0.6) is 5.75 Å². The van der Waals surface area contributed by atoms with Gasteiger partial charge in [0, 0.05) is 17.1 Å². The standard InChI is InChI=1S/C15H22Cl2N2O/c1-18-5-2-11-3-6-19(7-4-11)10-12-8-13(16)9-14(17)15(12)20/h8-9,11,18,20H,2-7,10H2,1H3. The normalized spacial score (nSPS) is 17.6. The van der Waals surface area contributed by atoms with Gasteiger partial charge in [-0.1, -0.05) is 23.2 Å². The van der Waals surface area contributed by atoms with Crippen LogP contribution in [0.25, 0.3) is 0 Å². The minimum absolute atomic E-state index is 0.161. The van der Waals surface area contributed by atoms with E-state index in [0.717, 1.165) is 31.1 Å². The molecule has 1 aromatic carbocycles. The number of aromatic hydroxyl groups is 1. The van der Waals surface area contributed by atoms with Crippen molar-refractivity contribution in [2.24, 2.45) is 5.92 Å². The van der Waals surface area contributed by atoms with Crippen LogP contribution >= 0.6 is 23.2 Å². The topological polar surface area (TPSA) is 35.5 Å². The maximum atomic E-state index is 10.00. The van der Waals surface area contributed by atoms with Crippen molar-refractivity contribution in [1.82, 2.24) is 10.2 Å². The fourth-order valence-electron chi connectivity index (χ4n) is 2.76. The summed E-state index contributed by atoms with van der Waals surface area (Å²) in [5.74, 6) is 0.976. The van der Waals surface area contributed by atoms with Gasteiger partial charge in [-0.15, -0.1) is 0 Å². The lowest BCUT2D eigenvalue weighted by Crippen LogP contribution is -2.34. The fraction of sp³-hybridized carbons (Fsp3) is 0.600. The van der Waals surface area contributed by atoms with Crippen molar-refractivity contribution in [2.45, 2.75) is 25.8 Å². The summed E-state index contributed by atoms with van der Waals surface area (Å²) in [5, 5.41) is 14.1. The average molecular weight is 317 g/mol. The van der Waals surface area contributed by atoms with Crippen LogP contribution in [-0.4, -0.2) is 36.7 Å². The maximum absolute atomic E-state index is 10.00. The predicted octanol–water partition coefficient (Wildman–Crippen LogP) is 3.52. The van der Waals surface area contributed by atoms with Crippen molar-refractivity contribution < 1.29 is 5.11 Å². The first-order valence-electron chi connectivity index (χ1n) is 7.14. The van der Waals surface area contributed by atoms with Crippen molar-refractivity contribution in [1.29, 1.82) is 0 Å². The van der Waals surface area contributed by atoms with Crippen LogP contribution in [-0.2, 0) is 6.54 Å². The quantitative estimate of drug-likeness (QED) is 0.872. The van der Waals surface area contributed by atoms with Crippen molar-refractivity contribution in [2.75, 3.05) is 26.7 Å². The third kappa shape index (κ3) is 4.26. The number of benzene rings is 1. The molecule has 5 heteroatoms. The van der Waals surface area contributed by atoms with Gasteiger partial charge in [-0.05, 0) is 64.0 Å². The van der Waals surface area contributed by atoms with Crippen LogP contribution in [0.4, 0.5) is 0 Å². The lowest BCUT2D eigenvalue weighted by Gasteiger charge is -2.32. The molecule has 0 bridgehead atoms. The highest BCUT2D eigenvalue weighted by Crippen LogP contribution is 2.32. The zero-order valence-electron chi connectivity index (χ0n) is 11.8. The molecule has 1 aliphatic rings. The molecule has 0 spiro atoms. The van der Waals surface area contributed by atoms with Crippen LogP contribution in [0.3, 0.4) is 0 Å². The molecule has 1 saturated heterocycles. The molecule has 0 atom stereocenters. The number of hydrogen-bond donors (Lipinski definition) is 2. The van der Waals surface area contributed by atoms with E-state index in [-0.39, 0.29) is 5.75 Å². The molecule has 2 N–H and O–H groups in total. The second-order valence-corrected chi connectivity index (χ2v) is 6.35. The third-order valence-electron chi connectivity index (χ3n) is 4.01. The van der Waals surface area contributed by atoms with Gasteiger partial charge >= 0.3 is 0 Å². The van der Waals surface area contributed by atoms with Crippen molar-refractivity contribution in [3.05, 3.63) is 27.7 Å². The molecular weight excluding hydrogens is 295 g/mol. The number of halogens is 2. The summed E-state index contributed by atoms with van der Waals surface area (Å²) in [6.07, 6.45) is 3.69. The first kappa shape index (κ1) is 15.9. The number of nitrogens with zero attached hydrogens (tertiary/aromatic N) is 1. The molecule has 0 amide bonds. The molecule has 0 saturated carbocycles. The molecule has 20 heavy (non-hydrogen) atoms. The van der Waals surface area contributed by atoms with Gasteiger partial charge in [0.25, 0.3) is 0 Å². The summed E-state index contributed by atoms with van der Waals surface area (Å²) in [6, 6.07) is 3.38. The van der Waals surface area contributed by atoms with Gasteiger partial charge in [0.2, 0.25) is 0 Å². The lowest BCUT2D eigenvalue weighted by atomic mass is 9.93. The highest BCUT2D eigenvalue weighted by molar-refractivity contribution is 6.35. The predicted molar refractivity (Wildman–Crippen MR) is 84.7 cm³/mol. The Hall–Kier alpha value is -0.480. The van der Waals surface area contributed by atoms with E-state index in [4.69, 9.17) is 23.2 Å².